The lowest BCUT2D eigenvalue weighted by Crippen LogP contribution is -2.50. The van der Waals surface area contributed by atoms with E-state index >= 15 is 0 Å². The van der Waals surface area contributed by atoms with Crippen molar-refractivity contribution in [3.63, 3.8) is 0 Å². The molecule has 0 bridgehead atoms. The van der Waals surface area contributed by atoms with E-state index in [0.717, 1.165) is 12.8 Å². The normalized spacial score (nSPS) is 24.3. The number of benzene rings is 1. The molecule has 1 aromatic carbocycles. The van der Waals surface area contributed by atoms with Gasteiger partial charge in [0, 0.05) is 12.2 Å². The predicted molar refractivity (Wildman–Crippen MR) is 111 cm³/mol. The second-order valence-corrected chi connectivity index (χ2v) is 7.93. The molecule has 1 aliphatic heterocycles. The zero-order valence-corrected chi connectivity index (χ0v) is 17.0. The molecular formula is C22H30FN3O4. The molecule has 1 heterocycles. The summed E-state index contributed by atoms with van der Waals surface area (Å²) in [4.78, 5) is 24.4. The van der Waals surface area contributed by atoms with Crippen LogP contribution in [0, 0.1) is 11.7 Å². The summed E-state index contributed by atoms with van der Waals surface area (Å²) in [5, 5.41) is 17.9. The zero-order chi connectivity index (χ0) is 21.3. The molecule has 3 rings (SSSR count). The van der Waals surface area contributed by atoms with Crippen molar-refractivity contribution in [1.29, 1.82) is 0 Å². The minimum atomic E-state index is -0.676. The van der Waals surface area contributed by atoms with Crippen LogP contribution in [-0.2, 0) is 9.53 Å². The molecule has 0 radical (unpaired) electrons. The number of ether oxygens (including phenoxy) is 1. The number of hydrogen-bond donors (Lipinski definition) is 4. The molecule has 30 heavy (non-hydrogen) atoms. The van der Waals surface area contributed by atoms with Gasteiger partial charge >= 0.3 is 6.03 Å². The van der Waals surface area contributed by atoms with Crippen molar-refractivity contribution in [2.45, 2.75) is 56.8 Å². The number of carbonyl (C=O) groups excluding carboxylic acids is 2. The molecule has 0 aromatic heterocycles. The number of aliphatic hydroxyl groups is 1. The van der Waals surface area contributed by atoms with Gasteiger partial charge in [0.05, 0.1) is 25.2 Å². The number of anilines is 1. The van der Waals surface area contributed by atoms with Crippen molar-refractivity contribution in [2.75, 3.05) is 18.5 Å². The van der Waals surface area contributed by atoms with E-state index in [2.05, 4.69) is 16.0 Å². The van der Waals surface area contributed by atoms with E-state index in [0.29, 0.717) is 18.2 Å². The van der Waals surface area contributed by atoms with Crippen LogP contribution in [0.2, 0.25) is 0 Å². The number of amides is 3. The molecule has 0 spiro atoms. The van der Waals surface area contributed by atoms with Crippen LogP contribution in [0.4, 0.5) is 14.9 Å². The van der Waals surface area contributed by atoms with Gasteiger partial charge in [-0.05, 0) is 37.0 Å². The van der Waals surface area contributed by atoms with Crippen molar-refractivity contribution in [3.8, 4) is 0 Å². The second-order valence-electron chi connectivity index (χ2n) is 7.93. The molecule has 2 aliphatic rings. The fourth-order valence-electron chi connectivity index (χ4n) is 3.93. The number of aliphatic hydroxyl groups excluding tert-OH is 1. The molecule has 3 atom stereocenters. The number of rotatable bonds is 7. The molecule has 3 amide bonds. The SMILES string of the molecule is O=C(C[C@@H]1C=C[C@H](NC(=O)Nc2cccc(F)c2)[C@H](CO)O1)NCC1CCCCC1. The monoisotopic (exact) mass is 419 g/mol. The number of hydrogen-bond acceptors (Lipinski definition) is 4. The molecule has 164 valence electrons. The molecule has 1 aromatic rings. The van der Waals surface area contributed by atoms with Gasteiger partial charge in [-0.1, -0.05) is 37.5 Å². The molecule has 0 saturated heterocycles. The van der Waals surface area contributed by atoms with Crippen LogP contribution in [0.3, 0.4) is 0 Å². The lowest BCUT2D eigenvalue weighted by atomic mass is 9.89. The van der Waals surface area contributed by atoms with E-state index in [9.17, 15) is 19.1 Å². The van der Waals surface area contributed by atoms with Gasteiger partial charge in [-0.25, -0.2) is 9.18 Å². The minimum absolute atomic E-state index is 0.0813. The topological polar surface area (TPSA) is 99.7 Å². The Kier molecular flexibility index (Phi) is 8.21. The number of halogens is 1. The van der Waals surface area contributed by atoms with E-state index in [1.165, 1.54) is 37.5 Å². The molecular weight excluding hydrogens is 389 g/mol. The van der Waals surface area contributed by atoms with E-state index in [1.54, 1.807) is 18.2 Å². The summed E-state index contributed by atoms with van der Waals surface area (Å²) in [6.07, 6.45) is 8.54. The van der Waals surface area contributed by atoms with Crippen LogP contribution in [-0.4, -0.2) is 48.4 Å². The maximum Gasteiger partial charge on any atom is 0.319 e. The highest BCUT2D eigenvalue weighted by Gasteiger charge is 2.29. The summed E-state index contributed by atoms with van der Waals surface area (Å²) in [5.41, 5.74) is 0.321. The molecule has 8 heteroatoms. The van der Waals surface area contributed by atoms with E-state index in [-0.39, 0.29) is 18.9 Å². The fraction of sp³-hybridized carbons (Fsp3) is 0.545. The third kappa shape index (κ3) is 6.81. The average Bonchev–Trinajstić information content (AvgIpc) is 2.74. The highest BCUT2D eigenvalue weighted by molar-refractivity contribution is 5.89. The number of nitrogens with one attached hydrogen (secondary N) is 3. The van der Waals surface area contributed by atoms with Gasteiger partial charge in [-0.3, -0.25) is 4.79 Å². The standard InChI is InChI=1S/C22H30FN3O4/c23-16-7-4-8-17(11-16)25-22(29)26-19-10-9-18(30-20(19)14-27)12-21(28)24-13-15-5-2-1-3-6-15/h4,7-11,15,18-20,27H,1-3,5-6,12-14H2,(H,24,28)(H2,25,26,29)/t18-,19-,20-/m0/s1. The van der Waals surface area contributed by atoms with E-state index in [4.69, 9.17) is 4.74 Å². The third-order valence-corrected chi connectivity index (χ3v) is 5.54. The molecule has 7 nitrogen and oxygen atoms in total. The molecule has 1 fully saturated rings. The van der Waals surface area contributed by atoms with Gasteiger partial charge in [-0.2, -0.15) is 0 Å². The summed E-state index contributed by atoms with van der Waals surface area (Å²) >= 11 is 0. The van der Waals surface area contributed by atoms with Gasteiger partial charge in [0.1, 0.15) is 11.9 Å². The predicted octanol–water partition coefficient (Wildman–Crippen LogP) is 2.72. The zero-order valence-electron chi connectivity index (χ0n) is 17.0. The van der Waals surface area contributed by atoms with Gasteiger partial charge in [0.25, 0.3) is 0 Å². The Labute approximate surface area is 176 Å². The first-order valence-corrected chi connectivity index (χ1v) is 10.6. The van der Waals surface area contributed by atoms with Crippen LogP contribution in [0.1, 0.15) is 38.5 Å². The van der Waals surface area contributed by atoms with Crippen molar-refractivity contribution in [2.24, 2.45) is 5.92 Å². The maximum atomic E-state index is 13.2. The molecule has 1 saturated carbocycles. The lowest BCUT2D eigenvalue weighted by Gasteiger charge is -2.31. The lowest BCUT2D eigenvalue weighted by molar-refractivity contribution is -0.125. The van der Waals surface area contributed by atoms with Gasteiger partial charge in [0.2, 0.25) is 5.91 Å². The van der Waals surface area contributed by atoms with Gasteiger partial charge in [0.15, 0.2) is 0 Å². The smallest absolute Gasteiger partial charge is 0.319 e. The van der Waals surface area contributed by atoms with Gasteiger partial charge < -0.3 is 25.8 Å². The molecule has 0 unspecified atom stereocenters. The Bertz CT molecular complexity index is 752. The Hall–Kier alpha value is -2.45. The minimum Gasteiger partial charge on any atom is -0.394 e. The van der Waals surface area contributed by atoms with E-state index in [1.807, 2.05) is 0 Å². The van der Waals surface area contributed by atoms with Crippen LogP contribution >= 0.6 is 0 Å². The number of urea groups is 1. The fourth-order valence-corrected chi connectivity index (χ4v) is 3.93. The summed E-state index contributed by atoms with van der Waals surface area (Å²) in [5.74, 6) is 0.0228. The Morgan fingerprint density at radius 2 is 1.97 bits per heavy atom. The van der Waals surface area contributed by atoms with Crippen molar-refractivity contribution in [3.05, 3.63) is 42.2 Å². The van der Waals surface area contributed by atoms with Crippen LogP contribution in [0.25, 0.3) is 0 Å². The maximum absolute atomic E-state index is 13.2. The van der Waals surface area contributed by atoms with Crippen LogP contribution in [0.15, 0.2) is 36.4 Å². The van der Waals surface area contributed by atoms with Crippen molar-refractivity contribution >= 4 is 17.6 Å². The summed E-state index contributed by atoms with van der Waals surface area (Å²) in [6, 6.07) is 4.45. The summed E-state index contributed by atoms with van der Waals surface area (Å²) < 4.78 is 19.0. The Balaban J connectivity index is 1.46. The van der Waals surface area contributed by atoms with E-state index < -0.39 is 30.1 Å². The van der Waals surface area contributed by atoms with Crippen LogP contribution in [0.5, 0.6) is 0 Å². The quantitative estimate of drug-likeness (QED) is 0.511. The molecule has 4 N–H and O–H groups in total. The van der Waals surface area contributed by atoms with Gasteiger partial charge in [-0.15, -0.1) is 0 Å². The number of carbonyl (C=O) groups is 2. The summed E-state index contributed by atoms with van der Waals surface area (Å²) in [6.45, 7) is 0.387. The largest absolute Gasteiger partial charge is 0.394 e. The first-order chi connectivity index (χ1) is 14.5. The first-order valence-electron chi connectivity index (χ1n) is 10.6. The highest BCUT2D eigenvalue weighted by Crippen LogP contribution is 2.23. The third-order valence-electron chi connectivity index (χ3n) is 5.54. The highest BCUT2D eigenvalue weighted by atomic mass is 19.1. The molecule has 1 aliphatic carbocycles. The second kappa shape index (κ2) is 11.1. The van der Waals surface area contributed by atoms with Crippen molar-refractivity contribution in [1.82, 2.24) is 10.6 Å². The average molecular weight is 419 g/mol. The van der Waals surface area contributed by atoms with Crippen LogP contribution < -0.4 is 16.0 Å². The summed E-state index contributed by atoms with van der Waals surface area (Å²) in [7, 11) is 0. The first kappa shape index (κ1) is 22.2. The Morgan fingerprint density at radius 3 is 2.70 bits per heavy atom. The van der Waals surface area contributed by atoms with Crippen molar-refractivity contribution < 1.29 is 23.8 Å². The Morgan fingerprint density at radius 1 is 1.17 bits per heavy atom.